The van der Waals surface area contributed by atoms with Gasteiger partial charge in [-0.1, -0.05) is 24.3 Å². The second kappa shape index (κ2) is 7.43. The Morgan fingerprint density at radius 3 is 2.68 bits per heavy atom. The number of hydrogen-bond donors (Lipinski definition) is 1. The van der Waals surface area contributed by atoms with Crippen molar-refractivity contribution in [2.45, 2.75) is 22.5 Å². The minimum atomic E-state index is -3.85. The van der Waals surface area contributed by atoms with Crippen LogP contribution in [0.3, 0.4) is 0 Å². The number of carbonyl (C=O) groups is 1. The van der Waals surface area contributed by atoms with Crippen molar-refractivity contribution in [3.05, 3.63) is 47.8 Å². The molecule has 1 aromatic carbocycles. The number of thiophene rings is 1. The Labute approximate surface area is 166 Å². The van der Waals surface area contributed by atoms with Gasteiger partial charge in [-0.05, 0) is 23.6 Å². The number of carbonyl (C=O) groups excluding carboxylic acids is 1. The summed E-state index contributed by atoms with van der Waals surface area (Å²) in [5, 5.41) is 4.39. The number of alkyl halides is 1. The van der Waals surface area contributed by atoms with Gasteiger partial charge in [-0.3, -0.25) is 0 Å². The molecule has 2 fully saturated rings. The summed E-state index contributed by atoms with van der Waals surface area (Å²) in [5.74, 6) is 0. The van der Waals surface area contributed by atoms with Crippen LogP contribution in [0.1, 0.15) is 6.42 Å². The SMILES string of the molecule is O=C(Nc1ccccc1)N1CCC2(OCCN2S(=O)(=O)c2cccs2)C(F)C1. The number of likely N-dealkylation sites (tertiary alicyclic amines) is 1. The highest BCUT2D eigenvalue weighted by Crippen LogP contribution is 2.40. The average molecular weight is 426 g/mol. The van der Waals surface area contributed by atoms with E-state index in [4.69, 9.17) is 4.74 Å². The number of hydrogen-bond acceptors (Lipinski definition) is 5. The average Bonchev–Trinajstić information content (AvgIpc) is 3.36. The van der Waals surface area contributed by atoms with Gasteiger partial charge in [0.15, 0.2) is 11.9 Å². The van der Waals surface area contributed by atoms with Crippen LogP contribution in [-0.4, -0.2) is 61.8 Å². The van der Waals surface area contributed by atoms with E-state index in [1.54, 1.807) is 35.7 Å². The predicted octanol–water partition coefficient (Wildman–Crippen LogP) is 2.74. The number of rotatable bonds is 3. The second-order valence-corrected chi connectivity index (χ2v) is 9.70. The molecule has 2 amide bonds. The van der Waals surface area contributed by atoms with Gasteiger partial charge in [0, 0.05) is 25.2 Å². The molecule has 28 heavy (non-hydrogen) atoms. The standard InChI is InChI=1S/C18H20FN3O4S2/c19-15-13-21(17(23)20-14-5-2-1-3-6-14)9-8-18(15)22(10-11-26-18)28(24,25)16-7-4-12-27-16/h1-7,12,15H,8-11,13H2,(H,20,23). The highest BCUT2D eigenvalue weighted by Gasteiger charge is 2.57. The summed E-state index contributed by atoms with van der Waals surface area (Å²) in [7, 11) is -3.85. The molecular weight excluding hydrogens is 405 g/mol. The van der Waals surface area contributed by atoms with E-state index >= 15 is 4.39 Å². The number of urea groups is 1. The van der Waals surface area contributed by atoms with E-state index in [2.05, 4.69) is 5.32 Å². The summed E-state index contributed by atoms with van der Waals surface area (Å²) >= 11 is 1.09. The van der Waals surface area contributed by atoms with E-state index in [1.807, 2.05) is 6.07 Å². The van der Waals surface area contributed by atoms with Crippen molar-refractivity contribution in [2.24, 2.45) is 0 Å². The first-order chi connectivity index (χ1) is 13.4. The molecule has 1 aromatic heterocycles. The molecule has 2 saturated heterocycles. The van der Waals surface area contributed by atoms with Crippen molar-refractivity contribution >= 4 is 33.1 Å². The van der Waals surface area contributed by atoms with Crippen molar-refractivity contribution in [1.82, 2.24) is 9.21 Å². The van der Waals surface area contributed by atoms with Crippen molar-refractivity contribution < 1.29 is 22.3 Å². The number of nitrogens with one attached hydrogen (secondary N) is 1. The summed E-state index contributed by atoms with van der Waals surface area (Å²) in [4.78, 5) is 13.8. The number of piperidine rings is 1. The molecule has 2 aliphatic rings. The maximum Gasteiger partial charge on any atom is 0.321 e. The zero-order valence-corrected chi connectivity index (χ0v) is 16.6. The first-order valence-electron chi connectivity index (χ1n) is 8.89. The monoisotopic (exact) mass is 425 g/mol. The Kier molecular flexibility index (Phi) is 5.13. The number of sulfonamides is 1. The van der Waals surface area contributed by atoms with Crippen molar-refractivity contribution in [3.63, 3.8) is 0 Å². The maximum absolute atomic E-state index is 15.3. The first kappa shape index (κ1) is 19.3. The van der Waals surface area contributed by atoms with Gasteiger partial charge in [-0.2, -0.15) is 4.31 Å². The van der Waals surface area contributed by atoms with E-state index < -0.39 is 28.0 Å². The molecule has 10 heteroatoms. The number of nitrogens with zero attached hydrogens (tertiary/aromatic N) is 2. The molecule has 0 aliphatic carbocycles. The molecule has 0 radical (unpaired) electrons. The van der Waals surface area contributed by atoms with E-state index in [-0.39, 0.29) is 36.9 Å². The van der Waals surface area contributed by atoms with Crippen molar-refractivity contribution in [2.75, 3.05) is 31.6 Å². The minimum Gasteiger partial charge on any atom is -0.355 e. The van der Waals surface area contributed by atoms with Gasteiger partial charge in [0.2, 0.25) is 0 Å². The van der Waals surface area contributed by atoms with Crippen LogP contribution in [0.5, 0.6) is 0 Å². The fraction of sp³-hybridized carbons (Fsp3) is 0.389. The van der Waals surface area contributed by atoms with Gasteiger partial charge in [0.1, 0.15) is 4.21 Å². The lowest BCUT2D eigenvalue weighted by atomic mass is 9.99. The predicted molar refractivity (Wildman–Crippen MR) is 103 cm³/mol. The smallest absolute Gasteiger partial charge is 0.321 e. The first-order valence-corrected chi connectivity index (χ1v) is 11.2. The fourth-order valence-electron chi connectivity index (χ4n) is 3.64. The lowest BCUT2D eigenvalue weighted by Gasteiger charge is -2.44. The van der Waals surface area contributed by atoms with Crippen LogP contribution in [0.2, 0.25) is 0 Å². The van der Waals surface area contributed by atoms with E-state index in [0.717, 1.165) is 15.6 Å². The third kappa shape index (κ3) is 3.30. The molecule has 2 aromatic rings. The Morgan fingerprint density at radius 1 is 1.21 bits per heavy atom. The number of anilines is 1. The summed E-state index contributed by atoms with van der Waals surface area (Å²) in [6.45, 7) is 0.169. The molecule has 2 unspecified atom stereocenters. The molecule has 2 aliphatic heterocycles. The molecular formula is C18H20FN3O4S2. The molecule has 0 saturated carbocycles. The Bertz CT molecular complexity index is 939. The highest BCUT2D eigenvalue weighted by atomic mass is 32.2. The van der Waals surface area contributed by atoms with Gasteiger partial charge in [-0.15, -0.1) is 11.3 Å². The van der Waals surface area contributed by atoms with E-state index in [9.17, 15) is 13.2 Å². The van der Waals surface area contributed by atoms with Crippen LogP contribution in [0.4, 0.5) is 14.9 Å². The van der Waals surface area contributed by atoms with Crippen LogP contribution < -0.4 is 5.32 Å². The van der Waals surface area contributed by atoms with Gasteiger partial charge < -0.3 is 15.0 Å². The number of amides is 2. The molecule has 150 valence electrons. The molecule has 7 nitrogen and oxygen atoms in total. The van der Waals surface area contributed by atoms with Crippen LogP contribution in [0.25, 0.3) is 0 Å². The number of ether oxygens (including phenoxy) is 1. The normalized spacial score (nSPS) is 25.9. The van der Waals surface area contributed by atoms with Crippen LogP contribution in [0, 0.1) is 0 Å². The maximum atomic E-state index is 15.3. The number of halogens is 1. The summed E-state index contributed by atoms with van der Waals surface area (Å²) < 4.78 is 48.1. The van der Waals surface area contributed by atoms with Crippen molar-refractivity contribution in [1.29, 1.82) is 0 Å². The zero-order valence-electron chi connectivity index (χ0n) is 15.0. The second-order valence-electron chi connectivity index (χ2n) is 6.66. The highest BCUT2D eigenvalue weighted by molar-refractivity contribution is 7.91. The molecule has 1 N–H and O–H groups in total. The van der Waals surface area contributed by atoms with Gasteiger partial charge in [0.05, 0.1) is 13.2 Å². The third-order valence-electron chi connectivity index (χ3n) is 5.03. The summed E-state index contributed by atoms with van der Waals surface area (Å²) in [6.07, 6.45) is -1.58. The van der Waals surface area contributed by atoms with Crippen molar-refractivity contribution in [3.8, 4) is 0 Å². The van der Waals surface area contributed by atoms with Gasteiger partial charge >= 0.3 is 6.03 Å². The quantitative estimate of drug-likeness (QED) is 0.820. The lowest BCUT2D eigenvalue weighted by Crippen LogP contribution is -2.63. The summed E-state index contributed by atoms with van der Waals surface area (Å²) in [6, 6.07) is 11.6. The Balaban J connectivity index is 1.51. The van der Waals surface area contributed by atoms with Crippen LogP contribution in [-0.2, 0) is 14.8 Å². The minimum absolute atomic E-state index is 0.0704. The molecule has 3 heterocycles. The number of para-hydroxylation sites is 1. The van der Waals surface area contributed by atoms with E-state index in [1.165, 1.54) is 11.0 Å². The molecule has 2 atom stereocenters. The Hall–Kier alpha value is -2.01. The zero-order chi connectivity index (χ0) is 19.8. The third-order valence-corrected chi connectivity index (χ3v) is 8.33. The Morgan fingerprint density at radius 2 is 2.00 bits per heavy atom. The van der Waals surface area contributed by atoms with Crippen LogP contribution in [0.15, 0.2) is 52.1 Å². The lowest BCUT2D eigenvalue weighted by molar-refractivity contribution is -0.134. The van der Waals surface area contributed by atoms with Gasteiger partial charge in [-0.25, -0.2) is 17.6 Å². The molecule has 4 rings (SSSR count). The topological polar surface area (TPSA) is 79.0 Å². The number of benzene rings is 1. The van der Waals surface area contributed by atoms with Crippen LogP contribution >= 0.6 is 11.3 Å². The molecule has 1 spiro atoms. The van der Waals surface area contributed by atoms with E-state index in [0.29, 0.717) is 5.69 Å². The fourth-order valence-corrected chi connectivity index (χ4v) is 6.46. The molecule has 0 bridgehead atoms. The summed E-state index contributed by atoms with van der Waals surface area (Å²) in [5.41, 5.74) is -0.950. The van der Waals surface area contributed by atoms with Gasteiger partial charge in [0.25, 0.3) is 10.0 Å². The largest absolute Gasteiger partial charge is 0.355 e.